The van der Waals surface area contributed by atoms with Crippen molar-refractivity contribution in [3.05, 3.63) is 77.6 Å². The van der Waals surface area contributed by atoms with E-state index in [-0.39, 0.29) is 5.69 Å². The van der Waals surface area contributed by atoms with Gasteiger partial charge in [-0.15, -0.1) is 0 Å². The number of ether oxygens (including phenoxy) is 2. The molecule has 0 N–H and O–H groups in total. The molecule has 2 aromatic heterocycles. The number of benzene rings is 2. The fourth-order valence-electron chi connectivity index (χ4n) is 4.81. The van der Waals surface area contributed by atoms with Crippen molar-refractivity contribution in [2.45, 2.75) is 6.54 Å². The molecule has 0 unspecified atom stereocenters. The summed E-state index contributed by atoms with van der Waals surface area (Å²) in [5, 5.41) is 0.759. The van der Waals surface area contributed by atoms with Gasteiger partial charge in [0.05, 0.1) is 0 Å². The van der Waals surface area contributed by atoms with Crippen LogP contribution in [0.3, 0.4) is 0 Å². The number of carbonyl (C=O) groups is 1. The summed E-state index contributed by atoms with van der Waals surface area (Å²) in [4.78, 5) is 25.8. The van der Waals surface area contributed by atoms with E-state index in [0.717, 1.165) is 42.6 Å². The SMILES string of the molecule is O=C(c1c(F)cc(-n2ccc3cnc([As]c4ccc(CN5CCOCC5)cc4)nc32)cc1F)N1CCOCC1. The van der Waals surface area contributed by atoms with E-state index in [9.17, 15) is 4.79 Å². The third-order valence-electron chi connectivity index (χ3n) is 6.91. The van der Waals surface area contributed by atoms with E-state index in [1.165, 1.54) is 22.6 Å². The standard InChI is InChI=1S/C28H27AsF2N5O3/c30-23-15-22(16-24(31)25(23)27(37)35-9-13-39-14-10-35)36-6-5-20-17-32-28(33-26(20)36)29-21-3-1-19(2-4-21)18-34-7-11-38-12-8-34/h1-6,15-17H,7-14,18H2. The Bertz CT molecular complexity index is 1460. The molecule has 11 heteroatoms. The minimum absolute atomic E-state index is 0.256. The van der Waals surface area contributed by atoms with Crippen LogP contribution in [0.2, 0.25) is 0 Å². The number of amides is 1. The predicted molar refractivity (Wildman–Crippen MR) is 143 cm³/mol. The van der Waals surface area contributed by atoms with Crippen LogP contribution in [0.5, 0.6) is 0 Å². The van der Waals surface area contributed by atoms with Crippen molar-refractivity contribution in [2.24, 2.45) is 0 Å². The molecule has 6 rings (SSSR count). The van der Waals surface area contributed by atoms with Crippen LogP contribution in [-0.2, 0) is 16.0 Å². The van der Waals surface area contributed by atoms with Gasteiger partial charge in [0, 0.05) is 0 Å². The molecular formula is C28H27AsF2N5O3. The van der Waals surface area contributed by atoms with Crippen molar-refractivity contribution in [3.8, 4) is 5.69 Å². The fourth-order valence-corrected chi connectivity index (χ4v) is 6.46. The van der Waals surface area contributed by atoms with Crippen molar-refractivity contribution < 1.29 is 23.0 Å². The van der Waals surface area contributed by atoms with Gasteiger partial charge in [0.25, 0.3) is 0 Å². The van der Waals surface area contributed by atoms with Gasteiger partial charge in [0.2, 0.25) is 0 Å². The zero-order valence-electron chi connectivity index (χ0n) is 21.2. The van der Waals surface area contributed by atoms with E-state index < -0.39 is 38.9 Å². The summed E-state index contributed by atoms with van der Waals surface area (Å²) in [7, 11) is 0. The van der Waals surface area contributed by atoms with Crippen LogP contribution in [0, 0.1) is 11.6 Å². The molecule has 2 saturated heterocycles. The van der Waals surface area contributed by atoms with Gasteiger partial charge in [-0.05, 0) is 0 Å². The van der Waals surface area contributed by atoms with Crippen LogP contribution in [-0.4, -0.2) is 98.6 Å². The summed E-state index contributed by atoms with van der Waals surface area (Å²) in [6, 6.07) is 12.7. The third kappa shape index (κ3) is 5.75. The number of fused-ring (bicyclic) bond motifs is 1. The van der Waals surface area contributed by atoms with Crippen LogP contribution in [0.4, 0.5) is 8.78 Å². The third-order valence-corrected chi connectivity index (χ3v) is 8.95. The molecule has 0 saturated carbocycles. The first kappa shape index (κ1) is 26.1. The van der Waals surface area contributed by atoms with Crippen LogP contribution >= 0.6 is 0 Å². The summed E-state index contributed by atoms with van der Waals surface area (Å²) < 4.78 is 44.3. The molecular weight excluding hydrogens is 567 g/mol. The van der Waals surface area contributed by atoms with E-state index >= 15 is 8.78 Å². The van der Waals surface area contributed by atoms with Gasteiger partial charge in [0.1, 0.15) is 0 Å². The van der Waals surface area contributed by atoms with Crippen LogP contribution in [0.1, 0.15) is 15.9 Å². The summed E-state index contributed by atoms with van der Waals surface area (Å²) in [6.07, 6.45) is 3.44. The summed E-state index contributed by atoms with van der Waals surface area (Å²) in [6.45, 7) is 5.67. The molecule has 2 aliphatic rings. The maximum absolute atomic E-state index is 15.1. The Hall–Kier alpha value is -3.17. The Labute approximate surface area is 231 Å². The zero-order valence-corrected chi connectivity index (χ0v) is 23.1. The molecule has 2 aliphatic heterocycles. The molecule has 4 aromatic rings. The van der Waals surface area contributed by atoms with Crippen molar-refractivity contribution in [3.63, 3.8) is 0 Å². The molecule has 8 nitrogen and oxygen atoms in total. The summed E-state index contributed by atoms with van der Waals surface area (Å²) >= 11 is -0.482. The zero-order chi connectivity index (χ0) is 26.8. The van der Waals surface area contributed by atoms with Gasteiger partial charge < -0.3 is 4.74 Å². The van der Waals surface area contributed by atoms with Crippen molar-refractivity contribution in [1.29, 1.82) is 0 Å². The topological polar surface area (TPSA) is 72.7 Å². The van der Waals surface area contributed by atoms with Gasteiger partial charge in [0.15, 0.2) is 0 Å². The quantitative estimate of drug-likeness (QED) is 0.317. The Balaban J connectivity index is 1.21. The second kappa shape index (κ2) is 11.5. The number of hydrogen-bond donors (Lipinski definition) is 0. The Kier molecular flexibility index (Phi) is 7.70. The first-order valence-electron chi connectivity index (χ1n) is 12.9. The van der Waals surface area contributed by atoms with Crippen molar-refractivity contribution in [1.82, 2.24) is 24.3 Å². The van der Waals surface area contributed by atoms with Gasteiger partial charge in [-0.2, -0.15) is 0 Å². The molecule has 4 heterocycles. The Morgan fingerprint density at radius 2 is 1.59 bits per heavy atom. The first-order valence-corrected chi connectivity index (χ1v) is 14.7. The minimum atomic E-state index is -0.902. The maximum atomic E-state index is 15.1. The first-order chi connectivity index (χ1) is 19.0. The monoisotopic (exact) mass is 594 g/mol. The number of hydrogen-bond acceptors (Lipinski definition) is 6. The van der Waals surface area contributed by atoms with Gasteiger partial charge in [-0.25, -0.2) is 0 Å². The molecule has 39 heavy (non-hydrogen) atoms. The van der Waals surface area contributed by atoms with Gasteiger partial charge in [-0.3, -0.25) is 0 Å². The van der Waals surface area contributed by atoms with E-state index in [1.54, 1.807) is 23.0 Å². The fraction of sp³-hybridized carbons (Fsp3) is 0.321. The van der Waals surface area contributed by atoms with E-state index in [0.29, 0.717) is 36.6 Å². The van der Waals surface area contributed by atoms with Crippen molar-refractivity contribution >= 4 is 41.7 Å². The molecule has 1 radical (unpaired) electrons. The molecule has 2 fully saturated rings. The molecule has 0 aliphatic carbocycles. The molecule has 0 atom stereocenters. The van der Waals surface area contributed by atoms with Crippen LogP contribution in [0.15, 0.2) is 54.9 Å². The second-order valence-corrected chi connectivity index (χ2v) is 11.9. The molecule has 0 bridgehead atoms. The second-order valence-electron chi connectivity index (χ2n) is 9.49. The molecule has 1 amide bonds. The van der Waals surface area contributed by atoms with Gasteiger partial charge in [-0.1, -0.05) is 0 Å². The number of carbonyl (C=O) groups excluding carboxylic acids is 1. The normalized spacial score (nSPS) is 16.9. The van der Waals surface area contributed by atoms with Crippen molar-refractivity contribution in [2.75, 3.05) is 52.6 Å². The van der Waals surface area contributed by atoms with E-state index in [4.69, 9.17) is 14.5 Å². The Morgan fingerprint density at radius 1 is 0.923 bits per heavy atom. The number of nitrogens with zero attached hydrogens (tertiary/aromatic N) is 5. The van der Waals surface area contributed by atoms with E-state index in [1.807, 2.05) is 0 Å². The average molecular weight is 594 g/mol. The van der Waals surface area contributed by atoms with Crippen LogP contribution < -0.4 is 8.96 Å². The average Bonchev–Trinajstić information content (AvgIpc) is 3.38. The number of morpholine rings is 2. The molecule has 2 aromatic carbocycles. The number of halogens is 2. The Morgan fingerprint density at radius 3 is 2.28 bits per heavy atom. The molecule has 0 spiro atoms. The summed E-state index contributed by atoms with van der Waals surface area (Å²) in [5.41, 5.74) is 1.53. The van der Waals surface area contributed by atoms with Gasteiger partial charge >= 0.3 is 227 Å². The molecule has 201 valence electrons. The van der Waals surface area contributed by atoms with E-state index in [2.05, 4.69) is 34.1 Å². The van der Waals surface area contributed by atoms with Crippen LogP contribution in [0.25, 0.3) is 16.7 Å². The number of rotatable bonds is 6. The predicted octanol–water partition coefficient (Wildman–Crippen LogP) is 1.66. The summed E-state index contributed by atoms with van der Waals surface area (Å²) in [5.74, 6) is -2.47. The number of aromatic nitrogens is 3.